The molecule has 0 atom stereocenters. The maximum Gasteiger partial charge on any atom is 0.270 e. The highest BCUT2D eigenvalue weighted by atomic mass is 79.9. The molecule has 0 saturated carbocycles. The van der Waals surface area contributed by atoms with E-state index < -0.39 is 15.9 Å². The Kier molecular flexibility index (Phi) is 7.52. The molecule has 34 heavy (non-hydrogen) atoms. The molecule has 0 aliphatic carbocycles. The van der Waals surface area contributed by atoms with E-state index in [-0.39, 0.29) is 20.9 Å². The molecule has 0 saturated heterocycles. The van der Waals surface area contributed by atoms with Crippen LogP contribution in [-0.2, 0) is 10.0 Å². The van der Waals surface area contributed by atoms with Gasteiger partial charge in [0.15, 0.2) is 5.82 Å². The summed E-state index contributed by atoms with van der Waals surface area (Å²) in [5.74, 6) is 0.119. The van der Waals surface area contributed by atoms with Crippen LogP contribution in [0, 0.1) is 20.8 Å². The molecule has 0 bridgehead atoms. The van der Waals surface area contributed by atoms with Gasteiger partial charge in [-0.15, -0.1) is 0 Å². The van der Waals surface area contributed by atoms with E-state index in [4.69, 9.17) is 4.74 Å². The zero-order valence-electron chi connectivity index (χ0n) is 19.9. The quantitative estimate of drug-likeness (QED) is 0.336. The normalized spacial score (nSPS) is 11.6. The second-order valence-corrected chi connectivity index (χ2v) is 10.6. The Morgan fingerprint density at radius 1 is 1.12 bits per heavy atom. The number of nitrogens with zero attached hydrogens (tertiary/aromatic N) is 3. The van der Waals surface area contributed by atoms with Crippen LogP contribution in [0.15, 0.2) is 57.0 Å². The van der Waals surface area contributed by atoms with Gasteiger partial charge in [-0.05, 0) is 66.5 Å². The van der Waals surface area contributed by atoms with Gasteiger partial charge in [0.2, 0.25) is 0 Å². The molecule has 1 amide bonds. The number of hydrogen-bond donors (Lipinski definition) is 1. The Bertz CT molecular complexity index is 1360. The summed E-state index contributed by atoms with van der Waals surface area (Å²) in [6.45, 7) is 5.59. The average molecular weight is 547 g/mol. The maximum absolute atomic E-state index is 13.5. The number of ether oxygens (including phenoxy) is 1. The van der Waals surface area contributed by atoms with Crippen molar-refractivity contribution >= 4 is 49.7 Å². The number of halogens is 1. The van der Waals surface area contributed by atoms with Crippen molar-refractivity contribution in [2.75, 3.05) is 26.5 Å². The van der Waals surface area contributed by atoms with E-state index in [1.165, 1.54) is 24.5 Å². The van der Waals surface area contributed by atoms with E-state index in [0.29, 0.717) is 11.4 Å². The molecular weight excluding hydrogens is 520 g/mol. The van der Waals surface area contributed by atoms with Gasteiger partial charge in [-0.25, -0.2) is 17.4 Å². The van der Waals surface area contributed by atoms with Crippen LogP contribution in [0.2, 0.25) is 0 Å². The lowest BCUT2D eigenvalue weighted by Crippen LogP contribution is -2.17. The monoisotopic (exact) mass is 546 g/mol. The first-order valence-corrected chi connectivity index (χ1v) is 12.6. The predicted molar refractivity (Wildman–Crippen MR) is 138 cm³/mol. The first kappa shape index (κ1) is 25.5. The van der Waals surface area contributed by atoms with Gasteiger partial charge < -0.3 is 15.0 Å². The number of methoxy groups -OCH3 is 1. The first-order chi connectivity index (χ1) is 16.0. The van der Waals surface area contributed by atoms with E-state index >= 15 is 0 Å². The summed E-state index contributed by atoms with van der Waals surface area (Å²) >= 11 is 3.32. The van der Waals surface area contributed by atoms with E-state index in [1.807, 2.05) is 32.9 Å². The average Bonchev–Trinajstić information content (AvgIpc) is 3.12. The summed E-state index contributed by atoms with van der Waals surface area (Å²) in [5, 5.41) is 2.90. The van der Waals surface area contributed by atoms with Gasteiger partial charge in [0.25, 0.3) is 15.9 Å². The van der Waals surface area contributed by atoms with Crippen LogP contribution in [0.4, 0.5) is 11.5 Å². The third kappa shape index (κ3) is 5.02. The Balaban J connectivity index is 2.16. The van der Waals surface area contributed by atoms with Crippen molar-refractivity contribution in [1.82, 2.24) is 8.87 Å². The Hall–Kier alpha value is -3.11. The molecule has 180 valence electrons. The topological polar surface area (TPSA) is 93.0 Å². The fraction of sp³-hybridized carbons (Fsp3) is 0.250. The van der Waals surface area contributed by atoms with Gasteiger partial charge in [-0.1, -0.05) is 23.8 Å². The Morgan fingerprint density at radius 3 is 2.35 bits per heavy atom. The minimum atomic E-state index is -4.04. The van der Waals surface area contributed by atoms with Crippen molar-refractivity contribution in [2.45, 2.75) is 25.7 Å². The van der Waals surface area contributed by atoms with Gasteiger partial charge in [-0.3, -0.25) is 4.79 Å². The van der Waals surface area contributed by atoms with Crippen LogP contribution in [0.25, 0.3) is 0 Å². The fourth-order valence-electron chi connectivity index (χ4n) is 3.38. The van der Waals surface area contributed by atoms with Crippen molar-refractivity contribution in [1.29, 1.82) is 0 Å². The number of benzene rings is 2. The van der Waals surface area contributed by atoms with Crippen molar-refractivity contribution in [2.24, 2.45) is 4.99 Å². The molecule has 8 nitrogen and oxygen atoms in total. The number of carbonyl (C=O) groups is 1. The third-order valence-electron chi connectivity index (χ3n) is 5.19. The summed E-state index contributed by atoms with van der Waals surface area (Å²) < 4.78 is 33.6. The molecule has 1 aromatic heterocycles. The molecule has 0 radical (unpaired) electrons. The molecule has 3 aromatic rings. The van der Waals surface area contributed by atoms with Crippen molar-refractivity contribution < 1.29 is 17.9 Å². The fourth-order valence-corrected chi connectivity index (χ4v) is 5.69. The highest BCUT2D eigenvalue weighted by Gasteiger charge is 2.28. The molecule has 0 aliphatic rings. The molecule has 1 heterocycles. The van der Waals surface area contributed by atoms with E-state index in [0.717, 1.165) is 20.7 Å². The summed E-state index contributed by atoms with van der Waals surface area (Å²) in [6.07, 6.45) is 1.45. The smallest absolute Gasteiger partial charge is 0.270 e. The minimum absolute atomic E-state index is 0.0168. The number of aromatic nitrogens is 1. The third-order valence-corrected chi connectivity index (χ3v) is 7.72. The van der Waals surface area contributed by atoms with Gasteiger partial charge in [0.05, 0.1) is 29.6 Å². The van der Waals surface area contributed by atoms with Crippen molar-refractivity contribution in [3.63, 3.8) is 0 Å². The lowest BCUT2D eigenvalue weighted by atomic mass is 10.1. The lowest BCUT2D eigenvalue weighted by molar-refractivity contribution is 0.102. The molecule has 0 unspecified atom stereocenters. The first-order valence-electron chi connectivity index (χ1n) is 10.4. The molecule has 0 spiro atoms. The van der Waals surface area contributed by atoms with E-state index in [9.17, 15) is 13.2 Å². The second kappa shape index (κ2) is 10.0. The van der Waals surface area contributed by atoms with Gasteiger partial charge in [0, 0.05) is 19.7 Å². The molecule has 1 N–H and O–H groups in total. The van der Waals surface area contributed by atoms with Crippen LogP contribution >= 0.6 is 15.9 Å². The number of aryl methyl sites for hydroxylation is 2. The largest absolute Gasteiger partial charge is 0.496 e. The molecule has 0 aliphatic heterocycles. The lowest BCUT2D eigenvalue weighted by Gasteiger charge is -2.15. The Morgan fingerprint density at radius 2 is 1.76 bits per heavy atom. The SMILES string of the molecule is COc1ccc(C)c(NC(=O)c2cc(Br)n(S(=O)(=O)c3ccc(C)cc3)c2N=CN(C)C)c1C. The number of nitrogens with one attached hydrogen (secondary N) is 1. The van der Waals surface area contributed by atoms with Gasteiger partial charge in [0.1, 0.15) is 10.4 Å². The van der Waals surface area contributed by atoms with Crippen molar-refractivity contribution in [3.05, 3.63) is 69.3 Å². The summed E-state index contributed by atoms with van der Waals surface area (Å²) in [4.78, 5) is 19.5. The maximum atomic E-state index is 13.5. The standard InChI is InChI=1S/C24H27BrN4O4S/c1-15-7-10-18(11-8-15)34(31,32)29-21(25)13-19(23(29)26-14-28(4)5)24(30)27-22-16(2)9-12-20(33-6)17(22)3/h7-14H,1-6H3,(H,27,30). The van der Waals surface area contributed by atoms with E-state index in [1.54, 1.807) is 38.2 Å². The molecule has 10 heteroatoms. The number of amides is 1. The van der Waals surface area contributed by atoms with Crippen LogP contribution in [-0.4, -0.2) is 50.7 Å². The number of hydrogen-bond acceptors (Lipinski definition) is 5. The van der Waals surface area contributed by atoms with E-state index in [2.05, 4.69) is 26.2 Å². The number of carbonyl (C=O) groups excluding carboxylic acids is 1. The summed E-state index contributed by atoms with van der Waals surface area (Å²) in [7, 11) is 1.03. The van der Waals surface area contributed by atoms with Crippen LogP contribution < -0.4 is 10.1 Å². The molecule has 2 aromatic carbocycles. The van der Waals surface area contributed by atoms with Crippen LogP contribution in [0.3, 0.4) is 0 Å². The van der Waals surface area contributed by atoms with Crippen LogP contribution in [0.5, 0.6) is 5.75 Å². The minimum Gasteiger partial charge on any atom is -0.496 e. The molecule has 3 rings (SSSR count). The second-order valence-electron chi connectivity index (χ2n) is 8.03. The highest BCUT2D eigenvalue weighted by Crippen LogP contribution is 2.35. The number of rotatable bonds is 7. The zero-order valence-corrected chi connectivity index (χ0v) is 22.3. The number of aliphatic imine (C=N–C) groups is 1. The van der Waals surface area contributed by atoms with Crippen molar-refractivity contribution in [3.8, 4) is 5.75 Å². The summed E-state index contributed by atoms with van der Waals surface area (Å²) in [5.41, 5.74) is 3.23. The molecular formula is C24H27BrN4O4S. The molecule has 0 fully saturated rings. The number of anilines is 1. The Labute approximate surface area is 208 Å². The highest BCUT2D eigenvalue weighted by molar-refractivity contribution is 9.10. The van der Waals surface area contributed by atoms with Gasteiger partial charge in [-0.2, -0.15) is 0 Å². The summed E-state index contributed by atoms with van der Waals surface area (Å²) in [6, 6.07) is 11.6. The zero-order chi connectivity index (χ0) is 25.2. The van der Waals surface area contributed by atoms with Crippen LogP contribution in [0.1, 0.15) is 27.0 Å². The predicted octanol–water partition coefficient (Wildman–Crippen LogP) is 4.90. The van der Waals surface area contributed by atoms with Gasteiger partial charge >= 0.3 is 0 Å².